The van der Waals surface area contributed by atoms with E-state index in [1.54, 1.807) is 0 Å². The Labute approximate surface area is 155 Å². The Hall–Kier alpha value is 0. The zero-order chi connectivity index (χ0) is 18.4. The van der Waals surface area contributed by atoms with E-state index >= 15 is 0 Å². The van der Waals surface area contributed by atoms with E-state index in [1.807, 2.05) is 0 Å². The van der Waals surface area contributed by atoms with Gasteiger partial charge in [-0.05, 0) is 36.0 Å². The number of hydrogen-bond donors (Lipinski definition) is 0. The van der Waals surface area contributed by atoms with Gasteiger partial charge in [0.05, 0.1) is 0 Å². The molecule has 24 heavy (non-hydrogen) atoms. The fraction of sp³-hybridized carbons (Fsp3) is 1.00. The average molecular weight is 339 g/mol. The van der Waals surface area contributed by atoms with Crippen molar-refractivity contribution in [2.75, 3.05) is 0 Å². The minimum atomic E-state index is 0.891. The van der Waals surface area contributed by atoms with Crippen LogP contribution in [-0.2, 0) is 0 Å². The average Bonchev–Trinajstić information content (AvgIpc) is 2.60. The lowest BCUT2D eigenvalue weighted by Gasteiger charge is -2.33. The highest BCUT2D eigenvalue weighted by molar-refractivity contribution is 4.76. The van der Waals surface area contributed by atoms with Crippen molar-refractivity contribution < 1.29 is 0 Å². The van der Waals surface area contributed by atoms with E-state index in [0.29, 0.717) is 0 Å². The summed E-state index contributed by atoms with van der Waals surface area (Å²) in [5.41, 5.74) is 0. The van der Waals surface area contributed by atoms with Crippen molar-refractivity contribution in [3.63, 3.8) is 0 Å². The molecular formula is C24H50. The van der Waals surface area contributed by atoms with Gasteiger partial charge in [0.25, 0.3) is 0 Å². The Morgan fingerprint density at radius 3 is 1.54 bits per heavy atom. The third-order valence-electron chi connectivity index (χ3n) is 6.87. The van der Waals surface area contributed by atoms with Gasteiger partial charge < -0.3 is 0 Å². The molecule has 0 aromatic carbocycles. The van der Waals surface area contributed by atoms with Gasteiger partial charge in [-0.25, -0.2) is 0 Å². The summed E-state index contributed by atoms with van der Waals surface area (Å²) in [6, 6.07) is 0. The van der Waals surface area contributed by atoms with Crippen LogP contribution in [0.4, 0.5) is 0 Å². The highest BCUT2D eigenvalue weighted by Gasteiger charge is 2.25. The number of unbranched alkanes of at least 4 members (excludes halogenated alkanes) is 4. The first-order chi connectivity index (χ1) is 11.5. The minimum Gasteiger partial charge on any atom is -0.0654 e. The van der Waals surface area contributed by atoms with E-state index in [9.17, 15) is 0 Å². The molecule has 0 aliphatic heterocycles. The van der Waals surface area contributed by atoms with Gasteiger partial charge >= 0.3 is 0 Å². The summed E-state index contributed by atoms with van der Waals surface area (Å²) in [6.07, 6.45) is 17.1. The molecule has 0 radical (unpaired) electrons. The SMILES string of the molecule is CCCCCC(CC)C(CCCCC)C(C)CCC(C)C(C)CC. The Kier molecular flexibility index (Phi) is 15.3. The Balaban J connectivity index is 4.63. The summed E-state index contributed by atoms with van der Waals surface area (Å²) in [7, 11) is 0. The van der Waals surface area contributed by atoms with Gasteiger partial charge in [0.15, 0.2) is 0 Å². The zero-order valence-electron chi connectivity index (χ0n) is 18.4. The van der Waals surface area contributed by atoms with E-state index in [2.05, 4.69) is 48.5 Å². The van der Waals surface area contributed by atoms with Gasteiger partial charge in [-0.2, -0.15) is 0 Å². The van der Waals surface area contributed by atoms with Crippen molar-refractivity contribution in [1.29, 1.82) is 0 Å². The zero-order valence-corrected chi connectivity index (χ0v) is 18.4. The van der Waals surface area contributed by atoms with Crippen LogP contribution in [0, 0.1) is 29.6 Å². The van der Waals surface area contributed by atoms with Crippen LogP contribution in [0.5, 0.6) is 0 Å². The van der Waals surface area contributed by atoms with Crippen molar-refractivity contribution >= 4 is 0 Å². The van der Waals surface area contributed by atoms with Gasteiger partial charge in [-0.1, -0.05) is 119 Å². The second kappa shape index (κ2) is 15.3. The van der Waals surface area contributed by atoms with Crippen LogP contribution in [0.2, 0.25) is 0 Å². The van der Waals surface area contributed by atoms with Gasteiger partial charge in [0, 0.05) is 0 Å². The molecule has 0 amide bonds. The van der Waals surface area contributed by atoms with Crippen molar-refractivity contribution in [2.24, 2.45) is 29.6 Å². The molecule has 0 aromatic rings. The van der Waals surface area contributed by atoms with Crippen LogP contribution in [0.15, 0.2) is 0 Å². The summed E-state index contributed by atoms with van der Waals surface area (Å²) in [4.78, 5) is 0. The second-order valence-corrected chi connectivity index (χ2v) is 8.74. The van der Waals surface area contributed by atoms with Crippen molar-refractivity contribution in [3.8, 4) is 0 Å². The van der Waals surface area contributed by atoms with Crippen LogP contribution in [-0.4, -0.2) is 0 Å². The third kappa shape index (κ3) is 10.1. The molecule has 0 aliphatic carbocycles. The van der Waals surface area contributed by atoms with Crippen LogP contribution in [0.25, 0.3) is 0 Å². The predicted octanol–water partition coefficient (Wildman–Crippen LogP) is 8.89. The number of rotatable bonds is 16. The maximum Gasteiger partial charge on any atom is -0.0360 e. The first kappa shape index (κ1) is 24.0. The highest BCUT2D eigenvalue weighted by Crippen LogP contribution is 2.36. The van der Waals surface area contributed by atoms with E-state index < -0.39 is 0 Å². The molecule has 5 unspecified atom stereocenters. The molecule has 0 heteroatoms. The fourth-order valence-electron chi connectivity index (χ4n) is 4.42. The molecule has 0 N–H and O–H groups in total. The van der Waals surface area contributed by atoms with Crippen molar-refractivity contribution in [3.05, 3.63) is 0 Å². The molecule has 5 atom stereocenters. The maximum atomic E-state index is 2.57. The van der Waals surface area contributed by atoms with Gasteiger partial charge in [-0.15, -0.1) is 0 Å². The standard InChI is InChI=1S/C24H50/c1-8-12-14-16-23(11-4)24(17-15-13-9-2)22(7)19-18-21(6)20(5)10-3/h20-24H,8-19H2,1-7H3. The molecule has 0 heterocycles. The lowest BCUT2D eigenvalue weighted by molar-refractivity contribution is 0.177. The topological polar surface area (TPSA) is 0 Å². The van der Waals surface area contributed by atoms with Crippen LogP contribution >= 0.6 is 0 Å². The lowest BCUT2D eigenvalue weighted by atomic mass is 9.73. The van der Waals surface area contributed by atoms with Gasteiger partial charge in [0.1, 0.15) is 0 Å². The maximum absolute atomic E-state index is 2.57. The summed E-state index contributed by atoms with van der Waals surface area (Å²) in [6.45, 7) is 16.9. The van der Waals surface area contributed by atoms with Crippen molar-refractivity contribution in [2.45, 2.75) is 126 Å². The number of hydrogen-bond acceptors (Lipinski definition) is 0. The largest absolute Gasteiger partial charge is 0.0654 e. The van der Waals surface area contributed by atoms with E-state index in [1.165, 1.54) is 77.0 Å². The molecule has 0 aromatic heterocycles. The summed E-state index contributed by atoms with van der Waals surface area (Å²) < 4.78 is 0. The molecular weight excluding hydrogens is 288 g/mol. The van der Waals surface area contributed by atoms with E-state index in [-0.39, 0.29) is 0 Å². The van der Waals surface area contributed by atoms with Crippen LogP contribution in [0.1, 0.15) is 126 Å². The monoisotopic (exact) mass is 338 g/mol. The van der Waals surface area contributed by atoms with Gasteiger partial charge in [0.2, 0.25) is 0 Å². The van der Waals surface area contributed by atoms with Crippen LogP contribution < -0.4 is 0 Å². The van der Waals surface area contributed by atoms with Crippen LogP contribution in [0.3, 0.4) is 0 Å². The molecule has 0 nitrogen and oxygen atoms in total. The Morgan fingerprint density at radius 2 is 1.04 bits per heavy atom. The molecule has 0 saturated carbocycles. The quantitative estimate of drug-likeness (QED) is 0.246. The normalized spacial score (nSPS) is 18.1. The van der Waals surface area contributed by atoms with E-state index in [4.69, 9.17) is 0 Å². The second-order valence-electron chi connectivity index (χ2n) is 8.74. The molecule has 0 saturated heterocycles. The van der Waals surface area contributed by atoms with Gasteiger partial charge in [-0.3, -0.25) is 0 Å². The van der Waals surface area contributed by atoms with Crippen molar-refractivity contribution in [1.82, 2.24) is 0 Å². The van der Waals surface area contributed by atoms with E-state index in [0.717, 1.165) is 29.6 Å². The lowest BCUT2D eigenvalue weighted by Crippen LogP contribution is -2.23. The highest BCUT2D eigenvalue weighted by atomic mass is 14.3. The molecule has 0 bridgehead atoms. The summed E-state index contributed by atoms with van der Waals surface area (Å²) in [5, 5.41) is 0. The minimum absolute atomic E-state index is 0.891. The Bertz CT molecular complexity index is 257. The molecule has 0 aliphatic rings. The smallest absolute Gasteiger partial charge is 0.0360 e. The Morgan fingerprint density at radius 1 is 0.500 bits per heavy atom. The molecule has 0 spiro atoms. The predicted molar refractivity (Wildman–Crippen MR) is 113 cm³/mol. The fourth-order valence-corrected chi connectivity index (χ4v) is 4.42. The molecule has 0 fully saturated rings. The summed E-state index contributed by atoms with van der Waals surface area (Å²) >= 11 is 0. The summed E-state index contributed by atoms with van der Waals surface area (Å²) in [5.74, 6) is 4.65. The molecule has 0 rings (SSSR count). The third-order valence-corrected chi connectivity index (χ3v) is 6.87. The molecule has 146 valence electrons. The first-order valence-corrected chi connectivity index (χ1v) is 11.5. The first-order valence-electron chi connectivity index (χ1n) is 11.5.